The molecular weight excluding hydrogens is 228 g/mol. The molecule has 2 atom stereocenters. The van der Waals surface area contributed by atoms with Crippen molar-refractivity contribution < 1.29 is 9.53 Å². The highest BCUT2D eigenvalue weighted by molar-refractivity contribution is 5.76. The van der Waals surface area contributed by atoms with Gasteiger partial charge in [0, 0.05) is 32.2 Å². The summed E-state index contributed by atoms with van der Waals surface area (Å²) >= 11 is 0. The van der Waals surface area contributed by atoms with E-state index in [9.17, 15) is 4.79 Å². The fourth-order valence-corrected chi connectivity index (χ4v) is 2.91. The Morgan fingerprint density at radius 1 is 1.39 bits per heavy atom. The Bertz CT molecular complexity index is 246. The monoisotopic (exact) mass is 256 g/mol. The predicted molar refractivity (Wildman–Crippen MR) is 73.3 cm³/mol. The minimum Gasteiger partial charge on any atom is -0.382 e. The minimum absolute atomic E-state index is 0.266. The topological polar surface area (TPSA) is 55.6 Å². The first-order chi connectivity index (χ1) is 8.74. The van der Waals surface area contributed by atoms with Crippen LogP contribution in [0.15, 0.2) is 0 Å². The van der Waals surface area contributed by atoms with E-state index in [-0.39, 0.29) is 5.91 Å². The molecule has 1 aliphatic rings. The van der Waals surface area contributed by atoms with Crippen LogP contribution in [-0.2, 0) is 9.53 Å². The van der Waals surface area contributed by atoms with Crippen molar-refractivity contribution >= 4 is 5.91 Å². The van der Waals surface area contributed by atoms with Gasteiger partial charge < -0.3 is 15.4 Å². The van der Waals surface area contributed by atoms with Crippen LogP contribution >= 0.6 is 0 Å². The summed E-state index contributed by atoms with van der Waals surface area (Å²) < 4.78 is 5.27. The Morgan fingerprint density at radius 3 is 2.78 bits per heavy atom. The third-order valence-electron chi connectivity index (χ3n) is 3.87. The first-order valence-electron chi connectivity index (χ1n) is 7.31. The van der Waals surface area contributed by atoms with Crippen molar-refractivity contribution in [2.75, 3.05) is 26.3 Å². The Hall–Kier alpha value is -0.610. The molecule has 2 unspecified atom stereocenters. The molecule has 0 heterocycles. The largest absolute Gasteiger partial charge is 0.382 e. The molecule has 0 spiro atoms. The molecule has 0 aromatic rings. The maximum absolute atomic E-state index is 12.2. The second-order valence-electron chi connectivity index (χ2n) is 4.97. The number of hydrogen-bond donors (Lipinski definition) is 1. The quantitative estimate of drug-likeness (QED) is 0.673. The van der Waals surface area contributed by atoms with Crippen LogP contribution in [0.4, 0.5) is 0 Å². The minimum atomic E-state index is 0.266. The van der Waals surface area contributed by atoms with Gasteiger partial charge in [-0.05, 0) is 45.6 Å². The van der Waals surface area contributed by atoms with Gasteiger partial charge in [-0.25, -0.2) is 0 Å². The van der Waals surface area contributed by atoms with Gasteiger partial charge in [0.25, 0.3) is 0 Å². The van der Waals surface area contributed by atoms with Crippen molar-refractivity contribution in [3.63, 3.8) is 0 Å². The number of rotatable bonds is 8. The number of nitrogens with zero attached hydrogens (tertiary/aromatic N) is 1. The molecule has 18 heavy (non-hydrogen) atoms. The van der Waals surface area contributed by atoms with Gasteiger partial charge in [0.15, 0.2) is 0 Å². The van der Waals surface area contributed by atoms with E-state index < -0.39 is 0 Å². The van der Waals surface area contributed by atoms with Crippen molar-refractivity contribution in [2.24, 2.45) is 11.7 Å². The molecule has 0 aliphatic heterocycles. The van der Waals surface area contributed by atoms with Gasteiger partial charge in [-0.3, -0.25) is 4.79 Å². The average molecular weight is 256 g/mol. The zero-order chi connectivity index (χ0) is 13.4. The van der Waals surface area contributed by atoms with Crippen molar-refractivity contribution in [2.45, 2.75) is 52.0 Å². The molecule has 4 nitrogen and oxygen atoms in total. The average Bonchev–Trinajstić information content (AvgIpc) is 2.84. The highest BCUT2D eigenvalue weighted by atomic mass is 16.5. The van der Waals surface area contributed by atoms with Crippen molar-refractivity contribution in [1.29, 1.82) is 0 Å². The van der Waals surface area contributed by atoms with Gasteiger partial charge >= 0.3 is 0 Å². The summed E-state index contributed by atoms with van der Waals surface area (Å²) in [7, 11) is 0. The molecule has 1 amide bonds. The SMILES string of the molecule is CCOCCCC(=O)N(CC)C1CCCC1CN. The van der Waals surface area contributed by atoms with E-state index in [0.717, 1.165) is 26.0 Å². The second kappa shape index (κ2) is 8.48. The summed E-state index contributed by atoms with van der Waals surface area (Å²) in [5.41, 5.74) is 5.80. The molecule has 0 radical (unpaired) electrons. The van der Waals surface area contributed by atoms with Crippen molar-refractivity contribution in [3.8, 4) is 0 Å². The molecule has 1 saturated carbocycles. The number of nitrogens with two attached hydrogens (primary N) is 1. The molecule has 1 rings (SSSR count). The molecule has 4 heteroatoms. The summed E-state index contributed by atoms with van der Waals surface area (Å²) in [6.07, 6.45) is 4.91. The lowest BCUT2D eigenvalue weighted by atomic mass is 10.0. The fraction of sp³-hybridized carbons (Fsp3) is 0.929. The predicted octanol–water partition coefficient (Wildman–Crippen LogP) is 1.78. The van der Waals surface area contributed by atoms with Gasteiger partial charge in [0.05, 0.1) is 0 Å². The zero-order valence-electron chi connectivity index (χ0n) is 11.9. The van der Waals surface area contributed by atoms with E-state index in [2.05, 4.69) is 6.92 Å². The first kappa shape index (κ1) is 15.4. The van der Waals surface area contributed by atoms with Crippen LogP contribution < -0.4 is 5.73 Å². The highest BCUT2D eigenvalue weighted by Crippen LogP contribution is 2.29. The molecule has 0 aromatic heterocycles. The van der Waals surface area contributed by atoms with Crippen LogP contribution in [0.5, 0.6) is 0 Å². The normalized spacial score (nSPS) is 23.3. The fourth-order valence-electron chi connectivity index (χ4n) is 2.91. The van der Waals surface area contributed by atoms with E-state index >= 15 is 0 Å². The molecule has 2 N–H and O–H groups in total. The first-order valence-corrected chi connectivity index (χ1v) is 7.31. The maximum atomic E-state index is 12.2. The van der Waals surface area contributed by atoms with E-state index in [0.29, 0.717) is 31.5 Å². The number of ether oxygens (including phenoxy) is 1. The number of hydrogen-bond acceptors (Lipinski definition) is 3. The maximum Gasteiger partial charge on any atom is 0.222 e. The molecule has 1 fully saturated rings. The summed E-state index contributed by atoms with van der Waals surface area (Å²) in [6, 6.07) is 0.375. The van der Waals surface area contributed by atoms with Crippen LogP contribution in [0.3, 0.4) is 0 Å². The summed E-state index contributed by atoms with van der Waals surface area (Å²) in [5.74, 6) is 0.767. The standard InChI is InChI=1S/C14H28N2O2/c1-3-16(13-8-5-7-12(13)11-15)14(17)9-6-10-18-4-2/h12-13H,3-11,15H2,1-2H3. The highest BCUT2D eigenvalue weighted by Gasteiger charge is 2.32. The van der Waals surface area contributed by atoms with Crippen molar-refractivity contribution in [3.05, 3.63) is 0 Å². The summed E-state index contributed by atoms with van der Waals surface area (Å²) in [4.78, 5) is 14.3. The Balaban J connectivity index is 2.41. The third-order valence-corrected chi connectivity index (χ3v) is 3.87. The Labute approximate surface area is 111 Å². The van der Waals surface area contributed by atoms with E-state index in [4.69, 9.17) is 10.5 Å². The van der Waals surface area contributed by atoms with E-state index in [1.54, 1.807) is 0 Å². The molecule has 0 bridgehead atoms. The van der Waals surface area contributed by atoms with Crippen molar-refractivity contribution in [1.82, 2.24) is 4.90 Å². The van der Waals surface area contributed by atoms with Gasteiger partial charge in [-0.2, -0.15) is 0 Å². The number of amides is 1. The Kier molecular flexibility index (Phi) is 7.28. The second-order valence-corrected chi connectivity index (χ2v) is 4.97. The number of carbonyl (C=O) groups is 1. The Morgan fingerprint density at radius 2 is 2.17 bits per heavy atom. The van der Waals surface area contributed by atoms with Gasteiger partial charge in [0.1, 0.15) is 0 Å². The van der Waals surface area contributed by atoms with Crippen LogP contribution in [-0.4, -0.2) is 43.2 Å². The van der Waals surface area contributed by atoms with Crippen LogP contribution in [0, 0.1) is 5.92 Å². The van der Waals surface area contributed by atoms with Crippen LogP contribution in [0.25, 0.3) is 0 Å². The molecular formula is C14H28N2O2. The lowest BCUT2D eigenvalue weighted by Crippen LogP contribution is -2.44. The van der Waals surface area contributed by atoms with E-state index in [1.807, 2.05) is 11.8 Å². The van der Waals surface area contributed by atoms with Crippen LogP contribution in [0.1, 0.15) is 46.0 Å². The third kappa shape index (κ3) is 4.25. The smallest absolute Gasteiger partial charge is 0.222 e. The number of carbonyl (C=O) groups excluding carboxylic acids is 1. The van der Waals surface area contributed by atoms with Gasteiger partial charge in [-0.15, -0.1) is 0 Å². The summed E-state index contributed by atoms with van der Waals surface area (Å²) in [6.45, 7) is 6.95. The lowest BCUT2D eigenvalue weighted by molar-refractivity contribution is -0.134. The van der Waals surface area contributed by atoms with Gasteiger partial charge in [-0.1, -0.05) is 6.42 Å². The lowest BCUT2D eigenvalue weighted by Gasteiger charge is -2.32. The zero-order valence-corrected chi connectivity index (χ0v) is 11.9. The van der Waals surface area contributed by atoms with E-state index in [1.165, 1.54) is 12.8 Å². The molecule has 106 valence electrons. The van der Waals surface area contributed by atoms with Crippen LogP contribution in [0.2, 0.25) is 0 Å². The van der Waals surface area contributed by atoms with Gasteiger partial charge in [0.2, 0.25) is 5.91 Å². The molecule has 0 saturated heterocycles. The summed E-state index contributed by atoms with van der Waals surface area (Å²) in [5, 5.41) is 0. The molecule has 0 aromatic carbocycles. The molecule has 1 aliphatic carbocycles.